The van der Waals surface area contributed by atoms with E-state index >= 15 is 0 Å². The van der Waals surface area contributed by atoms with Gasteiger partial charge in [-0.15, -0.1) is 11.3 Å². The minimum Gasteiger partial charge on any atom is -0.393 e. The fourth-order valence-electron chi connectivity index (χ4n) is 3.09. The molecule has 0 saturated heterocycles. The summed E-state index contributed by atoms with van der Waals surface area (Å²) in [7, 11) is 0. The molecule has 2 aromatic heterocycles. The average Bonchev–Trinajstić information content (AvgIpc) is 3.02. The molecule has 4 nitrogen and oxygen atoms in total. The first kappa shape index (κ1) is 17.1. The fraction of sp³-hybridized carbons (Fsp3) is 0.474. The molecule has 3 rings (SSSR count). The number of aromatic nitrogens is 1. The largest absolute Gasteiger partial charge is 0.393 e. The Balaban J connectivity index is 1.69. The molecule has 2 N–H and O–H groups in total. The van der Waals surface area contributed by atoms with E-state index in [1.54, 1.807) is 23.7 Å². The molecule has 0 spiro atoms. The lowest BCUT2D eigenvalue weighted by atomic mass is 9.75. The maximum atomic E-state index is 12.6. The van der Waals surface area contributed by atoms with Gasteiger partial charge < -0.3 is 10.4 Å². The zero-order valence-corrected chi connectivity index (χ0v) is 14.9. The Kier molecular flexibility index (Phi) is 5.31. The summed E-state index contributed by atoms with van der Waals surface area (Å²) in [5.41, 5.74) is 1.90. The summed E-state index contributed by atoms with van der Waals surface area (Å²) in [6.07, 6.45) is 5.62. The zero-order valence-electron chi connectivity index (χ0n) is 14.1. The Morgan fingerprint density at radius 3 is 2.67 bits per heavy atom. The van der Waals surface area contributed by atoms with Gasteiger partial charge in [-0.2, -0.15) is 0 Å². The van der Waals surface area contributed by atoms with Gasteiger partial charge in [-0.3, -0.25) is 9.78 Å². The summed E-state index contributed by atoms with van der Waals surface area (Å²) in [5, 5.41) is 14.8. The highest BCUT2D eigenvalue weighted by atomic mass is 32.1. The Hall–Kier alpha value is -1.72. The van der Waals surface area contributed by atoms with Crippen molar-refractivity contribution in [3.8, 4) is 0 Å². The molecule has 1 amide bonds. The highest BCUT2D eigenvalue weighted by Gasteiger charge is 2.35. The standard InChI is InChI=1S/C19H24N2O2S/c1-12(2)18-10-15(11-24-18)19(23)21-17(14-8-16(22)9-14)7-13-3-5-20-6-4-13/h3-6,10-12,14,16-17,22H,7-9H2,1-2H3,(H,21,23). The molecule has 0 radical (unpaired) electrons. The number of aliphatic hydroxyl groups excluding tert-OH is 1. The molecule has 1 saturated carbocycles. The van der Waals surface area contributed by atoms with Crippen LogP contribution in [0.25, 0.3) is 0 Å². The summed E-state index contributed by atoms with van der Waals surface area (Å²) in [5.74, 6) is 0.755. The monoisotopic (exact) mass is 344 g/mol. The summed E-state index contributed by atoms with van der Waals surface area (Å²) in [6, 6.07) is 6.00. The predicted octanol–water partition coefficient (Wildman–Crippen LogP) is 3.38. The van der Waals surface area contributed by atoms with E-state index < -0.39 is 0 Å². The van der Waals surface area contributed by atoms with E-state index in [1.165, 1.54) is 4.88 Å². The van der Waals surface area contributed by atoms with Gasteiger partial charge in [-0.05, 0) is 54.9 Å². The van der Waals surface area contributed by atoms with Gasteiger partial charge in [-0.1, -0.05) is 13.8 Å². The summed E-state index contributed by atoms with van der Waals surface area (Å²) < 4.78 is 0. The number of nitrogens with one attached hydrogen (secondary N) is 1. The number of hydrogen-bond acceptors (Lipinski definition) is 4. The van der Waals surface area contributed by atoms with E-state index in [0.29, 0.717) is 11.8 Å². The van der Waals surface area contributed by atoms with Gasteiger partial charge in [0.25, 0.3) is 5.91 Å². The first-order chi connectivity index (χ1) is 11.5. The molecule has 5 heteroatoms. The second-order valence-corrected chi connectivity index (χ2v) is 7.86. The van der Waals surface area contributed by atoms with Crippen LogP contribution in [0.2, 0.25) is 0 Å². The second-order valence-electron chi connectivity index (χ2n) is 6.92. The van der Waals surface area contributed by atoms with Gasteiger partial charge in [0.05, 0.1) is 11.7 Å². The van der Waals surface area contributed by atoms with Crippen LogP contribution in [0.1, 0.15) is 53.4 Å². The molecule has 1 aliphatic carbocycles. The van der Waals surface area contributed by atoms with Crippen molar-refractivity contribution in [1.29, 1.82) is 0 Å². The van der Waals surface area contributed by atoms with Crippen LogP contribution in [0.15, 0.2) is 36.0 Å². The second kappa shape index (κ2) is 7.45. The van der Waals surface area contributed by atoms with Crippen molar-refractivity contribution in [1.82, 2.24) is 10.3 Å². The lowest BCUT2D eigenvalue weighted by molar-refractivity contribution is 0.0239. The van der Waals surface area contributed by atoms with Crippen LogP contribution in [0.5, 0.6) is 0 Å². The first-order valence-electron chi connectivity index (χ1n) is 8.49. The fourth-order valence-corrected chi connectivity index (χ4v) is 4.00. The quantitative estimate of drug-likeness (QED) is 0.844. The number of pyridine rings is 1. The molecule has 0 bridgehead atoms. The Morgan fingerprint density at radius 2 is 2.08 bits per heavy atom. The van der Waals surface area contributed by atoms with E-state index in [4.69, 9.17) is 0 Å². The molecule has 0 aliphatic heterocycles. The molecule has 1 unspecified atom stereocenters. The van der Waals surface area contributed by atoms with Crippen LogP contribution >= 0.6 is 11.3 Å². The van der Waals surface area contributed by atoms with Gasteiger partial charge in [0.2, 0.25) is 0 Å². The number of carbonyl (C=O) groups excluding carboxylic acids is 1. The zero-order chi connectivity index (χ0) is 17.1. The van der Waals surface area contributed by atoms with Gasteiger partial charge in [0.15, 0.2) is 0 Å². The molecule has 0 aromatic carbocycles. The van der Waals surface area contributed by atoms with Crippen molar-refractivity contribution >= 4 is 17.2 Å². The molecule has 1 fully saturated rings. The van der Waals surface area contributed by atoms with Crippen molar-refractivity contribution in [3.05, 3.63) is 52.0 Å². The molecule has 1 aliphatic rings. The van der Waals surface area contributed by atoms with E-state index in [0.717, 1.165) is 30.4 Å². The Bertz CT molecular complexity index is 678. The third-order valence-electron chi connectivity index (χ3n) is 4.69. The summed E-state index contributed by atoms with van der Waals surface area (Å²) in [4.78, 5) is 17.9. The number of hydrogen-bond donors (Lipinski definition) is 2. The molecule has 2 aromatic rings. The number of thiophene rings is 1. The minimum atomic E-state index is -0.222. The number of aliphatic hydroxyl groups is 1. The Morgan fingerprint density at radius 1 is 1.38 bits per heavy atom. The van der Waals surface area contributed by atoms with Crippen LogP contribution in [0.3, 0.4) is 0 Å². The normalized spacial score (nSPS) is 21.3. The van der Waals surface area contributed by atoms with Crippen LogP contribution in [-0.4, -0.2) is 28.1 Å². The van der Waals surface area contributed by atoms with Gasteiger partial charge >= 0.3 is 0 Å². The topological polar surface area (TPSA) is 62.2 Å². The third kappa shape index (κ3) is 4.02. The molecular formula is C19H24N2O2S. The SMILES string of the molecule is CC(C)c1cc(C(=O)NC(Cc2ccncc2)C2CC(O)C2)cs1. The van der Waals surface area contributed by atoms with Crippen molar-refractivity contribution in [3.63, 3.8) is 0 Å². The number of carbonyl (C=O) groups is 1. The van der Waals surface area contributed by atoms with Crippen molar-refractivity contribution in [2.75, 3.05) is 0 Å². The lowest BCUT2D eigenvalue weighted by Gasteiger charge is -2.38. The van der Waals surface area contributed by atoms with Crippen molar-refractivity contribution in [2.24, 2.45) is 5.92 Å². The summed E-state index contributed by atoms with van der Waals surface area (Å²) >= 11 is 1.64. The minimum absolute atomic E-state index is 0.0152. The van der Waals surface area contributed by atoms with E-state index in [1.807, 2.05) is 23.6 Å². The predicted molar refractivity (Wildman–Crippen MR) is 96.3 cm³/mol. The van der Waals surface area contributed by atoms with Crippen LogP contribution in [0.4, 0.5) is 0 Å². The lowest BCUT2D eigenvalue weighted by Crippen LogP contribution is -2.48. The molecule has 128 valence electrons. The number of rotatable bonds is 6. The number of nitrogens with zero attached hydrogens (tertiary/aromatic N) is 1. The summed E-state index contributed by atoms with van der Waals surface area (Å²) in [6.45, 7) is 4.27. The molecular weight excluding hydrogens is 320 g/mol. The van der Waals surface area contributed by atoms with Crippen molar-refractivity contribution < 1.29 is 9.90 Å². The molecule has 2 heterocycles. The van der Waals surface area contributed by atoms with E-state index in [2.05, 4.69) is 24.1 Å². The average molecular weight is 344 g/mol. The number of amides is 1. The van der Waals surface area contributed by atoms with E-state index in [-0.39, 0.29) is 18.1 Å². The highest BCUT2D eigenvalue weighted by molar-refractivity contribution is 7.10. The van der Waals surface area contributed by atoms with Gasteiger partial charge in [0.1, 0.15) is 0 Å². The smallest absolute Gasteiger partial charge is 0.252 e. The third-order valence-corrected chi connectivity index (χ3v) is 5.92. The van der Waals surface area contributed by atoms with E-state index in [9.17, 15) is 9.90 Å². The maximum absolute atomic E-state index is 12.6. The Labute approximate surface area is 146 Å². The van der Waals surface area contributed by atoms with Crippen LogP contribution in [0, 0.1) is 5.92 Å². The van der Waals surface area contributed by atoms with Crippen LogP contribution < -0.4 is 5.32 Å². The van der Waals surface area contributed by atoms with Gasteiger partial charge in [-0.25, -0.2) is 0 Å². The molecule has 24 heavy (non-hydrogen) atoms. The maximum Gasteiger partial charge on any atom is 0.252 e. The van der Waals surface area contributed by atoms with Crippen molar-refractivity contribution in [2.45, 2.75) is 51.2 Å². The van der Waals surface area contributed by atoms with Crippen LogP contribution in [-0.2, 0) is 6.42 Å². The first-order valence-corrected chi connectivity index (χ1v) is 9.37. The molecule has 1 atom stereocenters. The highest BCUT2D eigenvalue weighted by Crippen LogP contribution is 2.32. The van der Waals surface area contributed by atoms with Gasteiger partial charge in [0, 0.05) is 28.7 Å².